The summed E-state index contributed by atoms with van der Waals surface area (Å²) in [7, 11) is 0. The summed E-state index contributed by atoms with van der Waals surface area (Å²) in [6, 6.07) is 13.7. The van der Waals surface area contributed by atoms with Crippen molar-refractivity contribution in [2.45, 2.75) is 6.92 Å². The van der Waals surface area contributed by atoms with Crippen LogP contribution in [0, 0.1) is 0 Å². The van der Waals surface area contributed by atoms with Crippen LogP contribution in [0.3, 0.4) is 0 Å². The zero-order valence-electron chi connectivity index (χ0n) is 14.8. The summed E-state index contributed by atoms with van der Waals surface area (Å²) >= 11 is 0. The van der Waals surface area contributed by atoms with Gasteiger partial charge in [-0.2, -0.15) is 0 Å². The maximum absolute atomic E-state index is 11.8. The van der Waals surface area contributed by atoms with Gasteiger partial charge in [0.15, 0.2) is 0 Å². The molecule has 0 radical (unpaired) electrons. The van der Waals surface area contributed by atoms with Crippen LogP contribution in [-0.2, 0) is 14.3 Å². The molecule has 0 spiro atoms. The van der Waals surface area contributed by atoms with Crippen molar-refractivity contribution >= 4 is 23.5 Å². The minimum atomic E-state index is -1.06. The summed E-state index contributed by atoms with van der Waals surface area (Å²) in [4.78, 5) is 35.1. The van der Waals surface area contributed by atoms with Crippen LogP contribution in [0.2, 0.25) is 0 Å². The molecule has 0 atom stereocenters. The maximum Gasteiger partial charge on any atom is 0.397 e. The number of rotatable bonds is 8. The fraction of sp³-hybridized carbons (Fsp3) is 0.211. The second-order valence-electron chi connectivity index (χ2n) is 5.23. The zero-order chi connectivity index (χ0) is 19.6. The van der Waals surface area contributed by atoms with E-state index >= 15 is 0 Å². The number of nitrogens with one attached hydrogen (secondary N) is 1. The van der Waals surface area contributed by atoms with Crippen molar-refractivity contribution in [2.75, 3.05) is 25.1 Å². The lowest BCUT2D eigenvalue weighted by Crippen LogP contribution is -2.27. The Morgan fingerprint density at radius 3 is 2.33 bits per heavy atom. The number of para-hydroxylation sites is 1. The van der Waals surface area contributed by atoms with E-state index in [0.29, 0.717) is 5.75 Å². The molecule has 8 nitrogen and oxygen atoms in total. The molecule has 0 bridgehead atoms. The lowest BCUT2D eigenvalue weighted by Gasteiger charge is -2.14. The third-order valence-electron chi connectivity index (χ3n) is 3.33. The minimum Gasteiger partial charge on any atom is -0.490 e. The molecule has 0 aromatic heterocycles. The first-order chi connectivity index (χ1) is 13.0. The Morgan fingerprint density at radius 1 is 0.963 bits per heavy atom. The van der Waals surface area contributed by atoms with Crippen LogP contribution >= 0.6 is 0 Å². The molecule has 2 rings (SSSR count). The number of anilines is 1. The van der Waals surface area contributed by atoms with Gasteiger partial charge in [-0.1, -0.05) is 24.3 Å². The van der Waals surface area contributed by atoms with Crippen LogP contribution in [-0.4, -0.2) is 37.6 Å². The van der Waals surface area contributed by atoms with Gasteiger partial charge in [0.1, 0.15) is 30.3 Å². The lowest BCUT2D eigenvalue weighted by atomic mass is 10.1. The topological polar surface area (TPSA) is 117 Å². The molecule has 27 heavy (non-hydrogen) atoms. The van der Waals surface area contributed by atoms with E-state index < -0.39 is 17.8 Å². The van der Waals surface area contributed by atoms with Gasteiger partial charge in [-0.05, 0) is 31.2 Å². The molecule has 2 aromatic carbocycles. The third kappa shape index (κ3) is 5.74. The van der Waals surface area contributed by atoms with Gasteiger partial charge >= 0.3 is 11.9 Å². The highest BCUT2D eigenvalue weighted by Crippen LogP contribution is 2.26. The molecule has 0 fully saturated rings. The molecule has 8 heteroatoms. The number of primary amides is 1. The second-order valence-corrected chi connectivity index (χ2v) is 5.23. The lowest BCUT2D eigenvalue weighted by molar-refractivity contribution is -0.152. The van der Waals surface area contributed by atoms with Gasteiger partial charge in [0.05, 0.1) is 12.3 Å². The number of nitrogens with two attached hydrogens (primary N) is 1. The van der Waals surface area contributed by atoms with Crippen LogP contribution in [0.1, 0.15) is 17.3 Å². The van der Waals surface area contributed by atoms with Gasteiger partial charge in [-0.15, -0.1) is 0 Å². The molecule has 2 amide bonds. The number of carbonyl (C=O) groups excluding carboxylic acids is 3. The predicted molar refractivity (Wildman–Crippen MR) is 97.7 cm³/mol. The van der Waals surface area contributed by atoms with E-state index in [-0.39, 0.29) is 36.8 Å². The number of amides is 2. The average molecular weight is 372 g/mol. The van der Waals surface area contributed by atoms with Crippen molar-refractivity contribution in [1.82, 2.24) is 0 Å². The van der Waals surface area contributed by atoms with Gasteiger partial charge in [-0.25, -0.2) is 4.79 Å². The molecular formula is C19H20N2O6. The average Bonchev–Trinajstić information content (AvgIpc) is 2.66. The molecule has 0 aliphatic heterocycles. The van der Waals surface area contributed by atoms with Crippen molar-refractivity contribution in [3.63, 3.8) is 0 Å². The minimum absolute atomic E-state index is 0.0464. The molecule has 2 aromatic rings. The molecular weight excluding hydrogens is 352 g/mol. The SMILES string of the molecule is CCOC(=O)C(=O)Nc1cccc(OCCOc2ccccc2)c1C(N)=O. The van der Waals surface area contributed by atoms with Gasteiger partial charge < -0.3 is 25.3 Å². The highest BCUT2D eigenvalue weighted by Gasteiger charge is 2.21. The van der Waals surface area contributed by atoms with Crippen LogP contribution in [0.25, 0.3) is 0 Å². The first-order valence-corrected chi connectivity index (χ1v) is 8.24. The molecule has 3 N–H and O–H groups in total. The summed E-state index contributed by atoms with van der Waals surface area (Å²) in [5, 5.41) is 2.31. The standard InChI is InChI=1S/C19H20N2O6/c1-2-25-19(24)18(23)21-14-9-6-10-15(16(14)17(20)22)27-12-11-26-13-7-4-3-5-8-13/h3-10H,2,11-12H2,1H3,(H2,20,22)(H,21,23). The summed E-state index contributed by atoms with van der Waals surface area (Å²) in [6.45, 7) is 2.01. The quantitative estimate of drug-likeness (QED) is 0.414. The molecule has 0 heterocycles. The monoisotopic (exact) mass is 372 g/mol. The number of esters is 1. The normalized spacial score (nSPS) is 9.96. The van der Waals surface area contributed by atoms with Crippen molar-refractivity contribution in [1.29, 1.82) is 0 Å². The van der Waals surface area contributed by atoms with E-state index in [9.17, 15) is 14.4 Å². The van der Waals surface area contributed by atoms with Crippen LogP contribution in [0.15, 0.2) is 48.5 Å². The van der Waals surface area contributed by atoms with E-state index in [0.717, 1.165) is 0 Å². The Balaban J connectivity index is 2.04. The summed E-state index contributed by atoms with van der Waals surface area (Å²) in [5.41, 5.74) is 5.41. The Morgan fingerprint density at radius 2 is 1.67 bits per heavy atom. The molecule has 0 saturated heterocycles. The predicted octanol–water partition coefficient (Wildman–Crippen LogP) is 1.74. The van der Waals surface area contributed by atoms with Crippen molar-refractivity contribution in [2.24, 2.45) is 5.73 Å². The maximum atomic E-state index is 11.8. The zero-order valence-corrected chi connectivity index (χ0v) is 14.8. The first kappa shape index (κ1) is 19.8. The molecule has 142 valence electrons. The number of benzene rings is 2. The Hall–Kier alpha value is -3.55. The first-order valence-electron chi connectivity index (χ1n) is 8.24. The van der Waals surface area contributed by atoms with Crippen LogP contribution in [0.5, 0.6) is 11.5 Å². The van der Waals surface area contributed by atoms with Crippen molar-refractivity contribution < 1.29 is 28.6 Å². The van der Waals surface area contributed by atoms with Gasteiger partial charge in [0, 0.05) is 0 Å². The smallest absolute Gasteiger partial charge is 0.397 e. The highest BCUT2D eigenvalue weighted by molar-refractivity contribution is 6.37. The van der Waals surface area contributed by atoms with E-state index in [1.807, 2.05) is 18.2 Å². The van der Waals surface area contributed by atoms with Crippen LogP contribution in [0.4, 0.5) is 5.69 Å². The molecule has 0 unspecified atom stereocenters. The third-order valence-corrected chi connectivity index (χ3v) is 3.33. The van der Waals surface area contributed by atoms with Gasteiger partial charge in [0.25, 0.3) is 5.91 Å². The van der Waals surface area contributed by atoms with Crippen LogP contribution < -0.4 is 20.5 Å². The van der Waals surface area contributed by atoms with E-state index in [1.165, 1.54) is 12.1 Å². The summed E-state index contributed by atoms with van der Waals surface area (Å²) in [6.07, 6.45) is 0. The highest BCUT2D eigenvalue weighted by atomic mass is 16.5. The van der Waals surface area contributed by atoms with E-state index in [4.69, 9.17) is 15.2 Å². The number of carbonyl (C=O) groups is 3. The Kier molecular flexibility index (Phi) is 7.18. The largest absolute Gasteiger partial charge is 0.490 e. The van der Waals surface area contributed by atoms with Gasteiger partial charge in [0.2, 0.25) is 0 Å². The van der Waals surface area contributed by atoms with Crippen molar-refractivity contribution in [3.05, 3.63) is 54.1 Å². The van der Waals surface area contributed by atoms with Gasteiger partial charge in [-0.3, -0.25) is 9.59 Å². The molecule has 0 aliphatic rings. The number of ether oxygens (including phenoxy) is 3. The molecule has 0 saturated carbocycles. The Bertz CT molecular complexity index is 807. The summed E-state index contributed by atoms with van der Waals surface area (Å²) in [5.74, 6) is -2.03. The van der Waals surface area contributed by atoms with E-state index in [1.54, 1.807) is 25.1 Å². The second kappa shape index (κ2) is 9.81. The van der Waals surface area contributed by atoms with E-state index in [2.05, 4.69) is 10.1 Å². The summed E-state index contributed by atoms with van der Waals surface area (Å²) < 4.78 is 15.7. The number of hydrogen-bond acceptors (Lipinski definition) is 6. The Labute approximate surface area is 156 Å². The number of hydrogen-bond donors (Lipinski definition) is 2. The fourth-order valence-electron chi connectivity index (χ4n) is 2.21. The van der Waals surface area contributed by atoms with Crippen molar-refractivity contribution in [3.8, 4) is 11.5 Å². The fourth-order valence-corrected chi connectivity index (χ4v) is 2.21. The molecule has 0 aliphatic carbocycles.